The number of aromatic amines is 2. The molecule has 0 fully saturated rings. The normalized spacial score (nSPS) is 13.6. The highest BCUT2D eigenvalue weighted by Crippen LogP contribution is 2.35. The van der Waals surface area contributed by atoms with E-state index in [0.717, 1.165) is 16.8 Å². The number of hydrogen-bond donors (Lipinski definition) is 4. The number of amides is 2. The van der Waals surface area contributed by atoms with Crippen LogP contribution in [0.3, 0.4) is 0 Å². The van der Waals surface area contributed by atoms with Gasteiger partial charge in [-0.2, -0.15) is 0 Å². The summed E-state index contributed by atoms with van der Waals surface area (Å²) in [6.45, 7) is 0. The molecule has 4 N–H and O–H groups in total. The van der Waals surface area contributed by atoms with Crippen molar-refractivity contribution in [2.75, 3.05) is 10.6 Å². The van der Waals surface area contributed by atoms with Crippen molar-refractivity contribution >= 4 is 34.8 Å². The first-order valence-corrected chi connectivity index (χ1v) is 9.99. The Morgan fingerprint density at radius 3 is 2.53 bits per heavy atom. The van der Waals surface area contributed by atoms with Gasteiger partial charge < -0.3 is 20.6 Å². The lowest BCUT2D eigenvalue weighted by Crippen LogP contribution is -2.22. The summed E-state index contributed by atoms with van der Waals surface area (Å²) >= 11 is 0. The molecule has 0 bridgehead atoms. The third-order valence-electron chi connectivity index (χ3n) is 5.26. The molecule has 2 aromatic carbocycles. The number of carbonyl (C=O) groups excluding carboxylic acids is 2. The maximum Gasteiger partial charge on any atom is 0.261 e. The van der Waals surface area contributed by atoms with Crippen LogP contribution < -0.4 is 16.1 Å². The molecule has 5 rings (SSSR count). The summed E-state index contributed by atoms with van der Waals surface area (Å²) in [5, 5.41) is 5.56. The fraction of sp³-hybridized carbons (Fsp3) is 0. The molecular formula is C25H18N4O3. The molecule has 2 aromatic heterocycles. The fourth-order valence-electron chi connectivity index (χ4n) is 3.69. The van der Waals surface area contributed by atoms with E-state index in [4.69, 9.17) is 0 Å². The number of hydrogen-bond acceptors (Lipinski definition) is 3. The number of pyridine rings is 1. The minimum Gasteiger partial charge on any atom is -0.366 e. The zero-order chi connectivity index (χ0) is 22.1. The zero-order valence-electron chi connectivity index (χ0n) is 16.8. The number of carbonyl (C=O) groups is 2. The maximum atomic E-state index is 12.9. The molecule has 4 aromatic rings. The predicted octanol–water partition coefficient (Wildman–Crippen LogP) is 4.12. The quantitative estimate of drug-likeness (QED) is 0.372. The van der Waals surface area contributed by atoms with Gasteiger partial charge in [-0.1, -0.05) is 36.4 Å². The van der Waals surface area contributed by atoms with Crippen molar-refractivity contribution in [2.45, 2.75) is 0 Å². The Morgan fingerprint density at radius 2 is 1.75 bits per heavy atom. The van der Waals surface area contributed by atoms with Crippen LogP contribution in [0.1, 0.15) is 21.6 Å². The molecule has 0 saturated heterocycles. The number of H-pyrrole nitrogens is 2. The lowest BCUT2D eigenvalue weighted by atomic mass is 10.0. The first kappa shape index (κ1) is 19.3. The molecule has 32 heavy (non-hydrogen) atoms. The molecular weight excluding hydrogens is 404 g/mol. The minimum atomic E-state index is -0.532. The third-order valence-corrected chi connectivity index (χ3v) is 5.26. The van der Waals surface area contributed by atoms with E-state index in [1.165, 1.54) is 6.20 Å². The molecule has 1 aliphatic heterocycles. The standard InChI is InChI=1S/C25H18N4O3/c30-23-20(15-5-2-1-3-6-15)13-26-14-21(23)25(32)28-17-8-9-18-19(11-16-7-4-10-27-16)24(31)29-22(18)12-17/h1-14,27H,(H,26,30)(H,28,32)(H,29,31)/b19-11-. The number of rotatable bonds is 4. The molecule has 156 valence electrons. The van der Waals surface area contributed by atoms with Gasteiger partial charge in [-0.15, -0.1) is 0 Å². The van der Waals surface area contributed by atoms with Crippen LogP contribution in [0.15, 0.2) is 84.0 Å². The van der Waals surface area contributed by atoms with Crippen LogP contribution in [0, 0.1) is 0 Å². The van der Waals surface area contributed by atoms with Crippen molar-refractivity contribution in [2.24, 2.45) is 0 Å². The lowest BCUT2D eigenvalue weighted by Gasteiger charge is -2.08. The van der Waals surface area contributed by atoms with E-state index in [2.05, 4.69) is 20.6 Å². The van der Waals surface area contributed by atoms with Gasteiger partial charge in [0.25, 0.3) is 11.8 Å². The van der Waals surface area contributed by atoms with Gasteiger partial charge >= 0.3 is 0 Å². The first-order valence-electron chi connectivity index (χ1n) is 9.99. The molecule has 0 unspecified atom stereocenters. The molecule has 0 saturated carbocycles. The van der Waals surface area contributed by atoms with Gasteiger partial charge in [-0.3, -0.25) is 14.4 Å². The molecule has 1 aliphatic rings. The summed E-state index contributed by atoms with van der Waals surface area (Å²) in [7, 11) is 0. The van der Waals surface area contributed by atoms with E-state index in [9.17, 15) is 14.4 Å². The van der Waals surface area contributed by atoms with Crippen molar-refractivity contribution in [1.29, 1.82) is 0 Å². The van der Waals surface area contributed by atoms with Crippen LogP contribution in [-0.4, -0.2) is 21.8 Å². The second kappa shape index (κ2) is 7.88. The predicted molar refractivity (Wildman–Crippen MR) is 124 cm³/mol. The summed E-state index contributed by atoms with van der Waals surface area (Å²) in [4.78, 5) is 44.0. The molecule has 2 amide bonds. The van der Waals surface area contributed by atoms with Gasteiger partial charge in [-0.05, 0) is 35.9 Å². The van der Waals surface area contributed by atoms with Crippen molar-refractivity contribution < 1.29 is 9.59 Å². The number of aromatic nitrogens is 2. The second-order valence-corrected chi connectivity index (χ2v) is 7.33. The highest BCUT2D eigenvalue weighted by Gasteiger charge is 2.25. The van der Waals surface area contributed by atoms with Crippen LogP contribution in [0.25, 0.3) is 22.8 Å². The van der Waals surface area contributed by atoms with Crippen LogP contribution in [-0.2, 0) is 4.79 Å². The largest absolute Gasteiger partial charge is 0.366 e. The Hall–Kier alpha value is -4.65. The van der Waals surface area contributed by atoms with E-state index >= 15 is 0 Å². The molecule has 0 spiro atoms. The first-order chi connectivity index (χ1) is 15.6. The highest BCUT2D eigenvalue weighted by molar-refractivity contribution is 6.35. The smallest absolute Gasteiger partial charge is 0.261 e. The Morgan fingerprint density at radius 1 is 0.906 bits per heavy atom. The lowest BCUT2D eigenvalue weighted by molar-refractivity contribution is -0.110. The molecule has 0 aliphatic carbocycles. The van der Waals surface area contributed by atoms with E-state index in [0.29, 0.717) is 22.5 Å². The number of benzene rings is 2. The van der Waals surface area contributed by atoms with Gasteiger partial charge in [0.2, 0.25) is 5.43 Å². The molecule has 0 atom stereocenters. The Kier molecular flexibility index (Phi) is 4.76. The minimum absolute atomic E-state index is 0.00298. The number of anilines is 2. The second-order valence-electron chi connectivity index (χ2n) is 7.33. The number of nitrogens with one attached hydrogen (secondary N) is 4. The highest BCUT2D eigenvalue weighted by atomic mass is 16.2. The SMILES string of the molecule is O=C1Nc2cc(NC(=O)c3c[nH]cc(-c4ccccc4)c3=O)ccc2/C1=C/c1ccc[nH]1. The molecule has 3 heterocycles. The summed E-state index contributed by atoms with van der Waals surface area (Å²) in [5.74, 6) is -0.750. The average Bonchev–Trinajstić information content (AvgIpc) is 3.42. The van der Waals surface area contributed by atoms with Gasteiger partial charge in [0.1, 0.15) is 5.56 Å². The van der Waals surface area contributed by atoms with E-state index in [-0.39, 0.29) is 16.9 Å². The average molecular weight is 422 g/mol. The van der Waals surface area contributed by atoms with Crippen molar-refractivity contribution in [3.63, 3.8) is 0 Å². The van der Waals surface area contributed by atoms with Gasteiger partial charge in [0, 0.05) is 41.1 Å². The summed E-state index contributed by atoms with van der Waals surface area (Å²) in [6.07, 6.45) is 6.52. The van der Waals surface area contributed by atoms with Crippen LogP contribution in [0.4, 0.5) is 11.4 Å². The van der Waals surface area contributed by atoms with Crippen LogP contribution >= 0.6 is 0 Å². The van der Waals surface area contributed by atoms with Gasteiger partial charge in [-0.25, -0.2) is 0 Å². The Labute approximate surface area is 182 Å². The van der Waals surface area contributed by atoms with Crippen molar-refractivity contribution in [3.05, 3.63) is 106 Å². The van der Waals surface area contributed by atoms with E-state index < -0.39 is 5.91 Å². The van der Waals surface area contributed by atoms with Gasteiger partial charge in [0.15, 0.2) is 0 Å². The van der Waals surface area contributed by atoms with Crippen molar-refractivity contribution in [3.8, 4) is 11.1 Å². The third kappa shape index (κ3) is 3.52. The fourth-order valence-corrected chi connectivity index (χ4v) is 3.69. The molecule has 7 heteroatoms. The molecule has 0 radical (unpaired) electrons. The van der Waals surface area contributed by atoms with Crippen molar-refractivity contribution in [1.82, 2.24) is 9.97 Å². The van der Waals surface area contributed by atoms with E-state index in [1.54, 1.807) is 36.7 Å². The Balaban J connectivity index is 1.42. The summed E-state index contributed by atoms with van der Waals surface area (Å²) in [5.41, 5.74) is 3.94. The number of fused-ring (bicyclic) bond motifs is 1. The monoisotopic (exact) mass is 422 g/mol. The maximum absolute atomic E-state index is 12.9. The summed E-state index contributed by atoms with van der Waals surface area (Å²) < 4.78 is 0. The Bertz CT molecular complexity index is 1420. The topological polar surface area (TPSA) is 107 Å². The van der Waals surface area contributed by atoms with E-state index in [1.807, 2.05) is 42.5 Å². The van der Waals surface area contributed by atoms with Crippen LogP contribution in [0.2, 0.25) is 0 Å². The zero-order valence-corrected chi connectivity index (χ0v) is 16.8. The molecule has 7 nitrogen and oxygen atoms in total. The van der Waals surface area contributed by atoms with Gasteiger partial charge in [0.05, 0.1) is 11.3 Å². The summed E-state index contributed by atoms with van der Waals surface area (Å²) in [6, 6.07) is 18.0. The van der Waals surface area contributed by atoms with Crippen LogP contribution in [0.5, 0.6) is 0 Å².